The summed E-state index contributed by atoms with van der Waals surface area (Å²) in [5.41, 5.74) is 1.39. The molecule has 0 bridgehead atoms. The van der Waals surface area contributed by atoms with E-state index in [0.717, 1.165) is 12.8 Å². The van der Waals surface area contributed by atoms with Crippen LogP contribution in [0.5, 0.6) is 0 Å². The van der Waals surface area contributed by atoms with Crippen LogP contribution in [0.25, 0.3) is 0 Å². The van der Waals surface area contributed by atoms with Crippen LogP contribution < -0.4 is 4.90 Å². The lowest BCUT2D eigenvalue weighted by Gasteiger charge is -2.33. The van der Waals surface area contributed by atoms with Crippen molar-refractivity contribution >= 4 is 17.2 Å². The average Bonchev–Trinajstić information content (AvgIpc) is 2.68. The van der Waals surface area contributed by atoms with E-state index in [1.807, 2.05) is 17.9 Å². The maximum Gasteiger partial charge on any atom is 0.293 e. The first-order valence-corrected chi connectivity index (χ1v) is 8.85. The summed E-state index contributed by atoms with van der Waals surface area (Å²) >= 11 is 0. The van der Waals surface area contributed by atoms with E-state index in [1.54, 1.807) is 36.4 Å². The van der Waals surface area contributed by atoms with Crippen molar-refractivity contribution in [2.75, 3.05) is 24.6 Å². The minimum Gasteiger partial charge on any atom is -0.378 e. The second-order valence-electron chi connectivity index (χ2n) is 6.30. The molecule has 0 saturated carbocycles. The van der Waals surface area contributed by atoms with Gasteiger partial charge in [0, 0.05) is 36.9 Å². The normalized spacial score (nSPS) is 15.0. The summed E-state index contributed by atoms with van der Waals surface area (Å²) < 4.78 is 5.64. The van der Waals surface area contributed by atoms with Crippen molar-refractivity contribution in [2.24, 2.45) is 0 Å². The molecule has 0 spiro atoms. The fourth-order valence-electron chi connectivity index (χ4n) is 3.33. The van der Waals surface area contributed by atoms with Gasteiger partial charge in [-0.3, -0.25) is 14.9 Å². The van der Waals surface area contributed by atoms with E-state index in [-0.39, 0.29) is 17.6 Å². The van der Waals surface area contributed by atoms with E-state index in [0.29, 0.717) is 36.5 Å². The Hall–Kier alpha value is -2.73. The summed E-state index contributed by atoms with van der Waals surface area (Å²) in [6, 6.07) is 13.5. The average molecular weight is 354 g/mol. The van der Waals surface area contributed by atoms with Crippen molar-refractivity contribution in [2.45, 2.75) is 25.9 Å². The fourth-order valence-corrected chi connectivity index (χ4v) is 3.33. The first-order valence-electron chi connectivity index (χ1n) is 8.85. The molecule has 0 unspecified atom stereocenters. The number of rotatable bonds is 6. The Morgan fingerprint density at radius 3 is 2.46 bits per heavy atom. The summed E-state index contributed by atoms with van der Waals surface area (Å²) in [7, 11) is 0. The van der Waals surface area contributed by atoms with Crippen molar-refractivity contribution in [3.8, 4) is 0 Å². The highest BCUT2D eigenvalue weighted by molar-refractivity contribution is 6.09. The molecule has 0 N–H and O–H groups in total. The lowest BCUT2D eigenvalue weighted by atomic mass is 10.0. The maximum absolute atomic E-state index is 12.6. The molecular formula is C20H22N2O4. The first kappa shape index (κ1) is 18.1. The molecule has 26 heavy (non-hydrogen) atoms. The molecule has 136 valence electrons. The van der Waals surface area contributed by atoms with Crippen LogP contribution in [0.4, 0.5) is 11.4 Å². The van der Waals surface area contributed by atoms with Crippen molar-refractivity contribution in [3.63, 3.8) is 0 Å². The molecule has 0 aliphatic carbocycles. The molecule has 0 atom stereocenters. The Bertz CT molecular complexity index is 784. The van der Waals surface area contributed by atoms with E-state index in [2.05, 4.69) is 0 Å². The van der Waals surface area contributed by atoms with Gasteiger partial charge >= 0.3 is 0 Å². The van der Waals surface area contributed by atoms with Crippen LogP contribution in [0.15, 0.2) is 48.5 Å². The van der Waals surface area contributed by atoms with E-state index in [9.17, 15) is 14.9 Å². The zero-order valence-electron chi connectivity index (χ0n) is 14.8. The molecule has 0 radical (unpaired) electrons. The highest BCUT2D eigenvalue weighted by atomic mass is 16.6. The molecule has 1 heterocycles. The van der Waals surface area contributed by atoms with Gasteiger partial charge in [-0.05, 0) is 31.9 Å². The summed E-state index contributed by atoms with van der Waals surface area (Å²) in [5, 5.41) is 11.6. The number of anilines is 1. The number of hydrogen-bond donors (Lipinski definition) is 0. The van der Waals surface area contributed by atoms with Gasteiger partial charge in [-0.2, -0.15) is 0 Å². The molecule has 1 fully saturated rings. The zero-order valence-corrected chi connectivity index (χ0v) is 14.8. The van der Waals surface area contributed by atoms with Gasteiger partial charge in [0.05, 0.1) is 11.0 Å². The standard InChI is InChI=1S/C20H22N2O4/c1-2-26-17-10-12-21(13-11-17)18-9-8-16(14-19(18)22(24)25)20(23)15-6-4-3-5-7-15/h3-9,14,17H,2,10-13H2,1H3. The minimum absolute atomic E-state index is 0.0263. The predicted octanol–water partition coefficient (Wildman–Crippen LogP) is 3.83. The minimum atomic E-state index is -0.411. The second-order valence-corrected chi connectivity index (χ2v) is 6.30. The molecule has 1 aliphatic heterocycles. The first-order chi connectivity index (χ1) is 12.6. The summed E-state index contributed by atoms with van der Waals surface area (Å²) in [6.45, 7) is 4.07. The van der Waals surface area contributed by atoms with Crippen molar-refractivity contribution in [1.82, 2.24) is 0 Å². The molecule has 2 aromatic carbocycles. The second kappa shape index (κ2) is 8.10. The monoisotopic (exact) mass is 354 g/mol. The fraction of sp³-hybridized carbons (Fsp3) is 0.350. The number of nitrogens with zero attached hydrogens (tertiary/aromatic N) is 2. The smallest absolute Gasteiger partial charge is 0.293 e. The van der Waals surface area contributed by atoms with E-state index in [1.165, 1.54) is 6.07 Å². The number of piperidine rings is 1. The van der Waals surface area contributed by atoms with Crippen molar-refractivity contribution < 1.29 is 14.5 Å². The van der Waals surface area contributed by atoms with Gasteiger partial charge in [-0.25, -0.2) is 0 Å². The zero-order chi connectivity index (χ0) is 18.5. The molecule has 6 nitrogen and oxygen atoms in total. The quantitative estimate of drug-likeness (QED) is 0.448. The molecule has 1 aliphatic rings. The maximum atomic E-state index is 12.6. The van der Waals surface area contributed by atoms with Gasteiger partial charge < -0.3 is 9.64 Å². The molecular weight excluding hydrogens is 332 g/mol. The number of nitro groups is 1. The molecule has 1 saturated heterocycles. The van der Waals surface area contributed by atoms with Crippen LogP contribution in [0.1, 0.15) is 35.7 Å². The van der Waals surface area contributed by atoms with Gasteiger partial charge in [-0.15, -0.1) is 0 Å². The molecule has 6 heteroatoms. The third kappa shape index (κ3) is 3.91. The van der Waals surface area contributed by atoms with E-state index >= 15 is 0 Å². The Balaban J connectivity index is 1.84. The Morgan fingerprint density at radius 1 is 1.15 bits per heavy atom. The van der Waals surface area contributed by atoms with Crippen LogP contribution in [0.2, 0.25) is 0 Å². The highest BCUT2D eigenvalue weighted by Crippen LogP contribution is 2.32. The predicted molar refractivity (Wildman–Crippen MR) is 99.8 cm³/mol. The van der Waals surface area contributed by atoms with Gasteiger partial charge in [-0.1, -0.05) is 30.3 Å². The Kier molecular flexibility index (Phi) is 5.63. The van der Waals surface area contributed by atoms with Crippen molar-refractivity contribution in [1.29, 1.82) is 0 Å². The van der Waals surface area contributed by atoms with Gasteiger partial charge in [0.15, 0.2) is 5.78 Å². The summed E-state index contributed by atoms with van der Waals surface area (Å²) in [6.07, 6.45) is 1.90. The summed E-state index contributed by atoms with van der Waals surface area (Å²) in [4.78, 5) is 25.7. The third-order valence-electron chi connectivity index (χ3n) is 4.66. The lowest BCUT2D eigenvalue weighted by molar-refractivity contribution is -0.384. The number of nitro benzene ring substituents is 1. The highest BCUT2D eigenvalue weighted by Gasteiger charge is 2.26. The molecule has 0 amide bonds. The number of carbonyl (C=O) groups is 1. The number of ether oxygens (including phenoxy) is 1. The lowest BCUT2D eigenvalue weighted by Crippen LogP contribution is -2.37. The van der Waals surface area contributed by atoms with Gasteiger partial charge in [0.2, 0.25) is 0 Å². The number of hydrogen-bond acceptors (Lipinski definition) is 5. The molecule has 2 aromatic rings. The topological polar surface area (TPSA) is 72.7 Å². The van der Waals surface area contributed by atoms with E-state index in [4.69, 9.17) is 4.74 Å². The van der Waals surface area contributed by atoms with Gasteiger partial charge in [0.25, 0.3) is 5.69 Å². The summed E-state index contributed by atoms with van der Waals surface area (Å²) in [5.74, 6) is -0.213. The van der Waals surface area contributed by atoms with Crippen molar-refractivity contribution in [3.05, 3.63) is 69.8 Å². The van der Waals surface area contributed by atoms with Crippen LogP contribution in [-0.4, -0.2) is 36.5 Å². The number of carbonyl (C=O) groups excluding carboxylic acids is 1. The van der Waals surface area contributed by atoms with Crippen LogP contribution in [0, 0.1) is 10.1 Å². The largest absolute Gasteiger partial charge is 0.378 e. The van der Waals surface area contributed by atoms with Crippen LogP contribution >= 0.6 is 0 Å². The number of ketones is 1. The van der Waals surface area contributed by atoms with E-state index < -0.39 is 4.92 Å². The third-order valence-corrected chi connectivity index (χ3v) is 4.66. The Labute approximate surface area is 152 Å². The Morgan fingerprint density at radius 2 is 1.85 bits per heavy atom. The molecule has 3 rings (SSSR count). The SMILES string of the molecule is CCOC1CCN(c2ccc(C(=O)c3ccccc3)cc2[N+](=O)[O-])CC1. The van der Waals surface area contributed by atoms with Crippen LogP contribution in [0.3, 0.4) is 0 Å². The van der Waals surface area contributed by atoms with Crippen LogP contribution in [-0.2, 0) is 4.74 Å². The molecule has 0 aromatic heterocycles. The van der Waals surface area contributed by atoms with Gasteiger partial charge in [0.1, 0.15) is 5.69 Å². The number of benzene rings is 2.